The molecular weight excluding hydrogens is 238 g/mol. The molecule has 0 amide bonds. The summed E-state index contributed by atoms with van der Waals surface area (Å²) in [4.78, 5) is 6.90. The summed E-state index contributed by atoms with van der Waals surface area (Å²) in [6, 6.07) is 2.21. The third kappa shape index (κ3) is 3.67. The van der Waals surface area contributed by atoms with Crippen LogP contribution < -0.4 is 10.2 Å². The Morgan fingerprint density at radius 2 is 2.16 bits per heavy atom. The first-order chi connectivity index (χ1) is 9.24. The van der Waals surface area contributed by atoms with Crippen LogP contribution in [0.1, 0.15) is 31.0 Å². The van der Waals surface area contributed by atoms with Crippen LogP contribution in [0.4, 0.5) is 5.69 Å². The van der Waals surface area contributed by atoms with Crippen LogP contribution in [0.15, 0.2) is 12.3 Å². The smallest absolute Gasteiger partial charge is 0.0605 e. The monoisotopic (exact) mass is 263 g/mol. The number of pyridine rings is 1. The van der Waals surface area contributed by atoms with Crippen molar-refractivity contribution in [3.63, 3.8) is 0 Å². The molecule has 1 aliphatic rings. The minimum atomic E-state index is 0.427. The Labute approximate surface area is 116 Å². The highest BCUT2D eigenvalue weighted by atomic mass is 16.5. The lowest BCUT2D eigenvalue weighted by Gasteiger charge is -2.34. The molecule has 2 heterocycles. The second-order valence-electron chi connectivity index (χ2n) is 5.16. The van der Waals surface area contributed by atoms with E-state index in [9.17, 15) is 0 Å². The van der Waals surface area contributed by atoms with E-state index in [1.807, 2.05) is 13.3 Å². The number of hydrogen-bond donors (Lipinski definition) is 1. The van der Waals surface area contributed by atoms with E-state index in [2.05, 4.69) is 35.1 Å². The van der Waals surface area contributed by atoms with Gasteiger partial charge in [0, 0.05) is 49.9 Å². The summed E-state index contributed by atoms with van der Waals surface area (Å²) in [5.74, 6) is 0. The molecule has 0 radical (unpaired) electrons. The summed E-state index contributed by atoms with van der Waals surface area (Å²) >= 11 is 0. The molecule has 0 spiro atoms. The lowest BCUT2D eigenvalue weighted by molar-refractivity contribution is 0.0819. The molecule has 0 atom stereocenters. The first-order valence-corrected chi connectivity index (χ1v) is 7.18. The molecule has 1 saturated heterocycles. The second kappa shape index (κ2) is 6.87. The van der Waals surface area contributed by atoms with Crippen LogP contribution in [0.25, 0.3) is 0 Å². The SMILES string of the molecule is CCNCc1cnc(C)cc1N1CCC(OC)CC1. The van der Waals surface area contributed by atoms with Gasteiger partial charge in [0.25, 0.3) is 0 Å². The first-order valence-electron chi connectivity index (χ1n) is 7.18. The minimum Gasteiger partial charge on any atom is -0.381 e. The third-order valence-electron chi connectivity index (χ3n) is 3.78. The highest BCUT2D eigenvalue weighted by molar-refractivity contribution is 5.54. The molecule has 1 aromatic rings. The van der Waals surface area contributed by atoms with E-state index >= 15 is 0 Å². The Hall–Kier alpha value is -1.13. The number of nitrogens with zero attached hydrogens (tertiary/aromatic N) is 2. The van der Waals surface area contributed by atoms with Gasteiger partial charge < -0.3 is 15.0 Å². The number of nitrogens with one attached hydrogen (secondary N) is 1. The maximum Gasteiger partial charge on any atom is 0.0605 e. The van der Waals surface area contributed by atoms with E-state index in [1.54, 1.807) is 0 Å². The molecule has 0 bridgehead atoms. The number of methoxy groups -OCH3 is 1. The maximum atomic E-state index is 5.44. The Morgan fingerprint density at radius 3 is 2.79 bits per heavy atom. The molecule has 0 saturated carbocycles. The molecule has 0 aliphatic carbocycles. The van der Waals surface area contributed by atoms with Crippen molar-refractivity contribution in [2.75, 3.05) is 31.6 Å². The van der Waals surface area contributed by atoms with Crippen LogP contribution in [0.2, 0.25) is 0 Å². The van der Waals surface area contributed by atoms with Crippen molar-refractivity contribution in [1.82, 2.24) is 10.3 Å². The number of anilines is 1. The number of rotatable bonds is 5. The van der Waals surface area contributed by atoms with Crippen molar-refractivity contribution >= 4 is 5.69 Å². The standard InChI is InChI=1S/C15H25N3O/c1-4-16-10-13-11-17-12(2)9-15(13)18-7-5-14(19-3)6-8-18/h9,11,14,16H,4-8,10H2,1-3H3. The van der Waals surface area contributed by atoms with Gasteiger partial charge in [-0.15, -0.1) is 0 Å². The molecule has 1 aliphatic heterocycles. The van der Waals surface area contributed by atoms with Crippen molar-refractivity contribution < 1.29 is 4.74 Å². The molecule has 0 aromatic carbocycles. The zero-order chi connectivity index (χ0) is 13.7. The molecule has 4 nitrogen and oxygen atoms in total. The maximum absolute atomic E-state index is 5.44. The average molecular weight is 263 g/mol. The Morgan fingerprint density at radius 1 is 1.42 bits per heavy atom. The summed E-state index contributed by atoms with van der Waals surface area (Å²) in [5, 5.41) is 3.39. The largest absolute Gasteiger partial charge is 0.381 e. The van der Waals surface area contributed by atoms with Gasteiger partial charge in [0.1, 0.15) is 0 Å². The van der Waals surface area contributed by atoms with Crippen LogP contribution in [0, 0.1) is 6.92 Å². The summed E-state index contributed by atoms with van der Waals surface area (Å²) in [6.07, 6.45) is 4.66. The predicted molar refractivity (Wildman–Crippen MR) is 78.6 cm³/mol. The molecule has 4 heteroatoms. The summed E-state index contributed by atoms with van der Waals surface area (Å²) < 4.78 is 5.44. The second-order valence-corrected chi connectivity index (χ2v) is 5.16. The van der Waals surface area contributed by atoms with Gasteiger partial charge in [-0.3, -0.25) is 4.98 Å². The average Bonchev–Trinajstić information content (AvgIpc) is 2.46. The van der Waals surface area contributed by atoms with Gasteiger partial charge in [-0.1, -0.05) is 6.92 Å². The van der Waals surface area contributed by atoms with Gasteiger partial charge >= 0.3 is 0 Å². The van der Waals surface area contributed by atoms with Gasteiger partial charge in [0.2, 0.25) is 0 Å². The van der Waals surface area contributed by atoms with E-state index in [-0.39, 0.29) is 0 Å². The number of hydrogen-bond acceptors (Lipinski definition) is 4. The number of piperidine rings is 1. The summed E-state index contributed by atoms with van der Waals surface area (Å²) in [7, 11) is 1.81. The fourth-order valence-corrected chi connectivity index (χ4v) is 2.60. The Bertz CT molecular complexity index is 400. The molecule has 1 fully saturated rings. The van der Waals surface area contributed by atoms with E-state index in [1.165, 1.54) is 11.3 Å². The lowest BCUT2D eigenvalue weighted by atomic mass is 10.1. The minimum absolute atomic E-state index is 0.427. The zero-order valence-electron chi connectivity index (χ0n) is 12.3. The first kappa shape index (κ1) is 14.3. The molecule has 106 valence electrons. The zero-order valence-corrected chi connectivity index (χ0v) is 12.3. The van der Waals surface area contributed by atoms with E-state index in [0.717, 1.165) is 44.7 Å². The number of aromatic nitrogens is 1. The van der Waals surface area contributed by atoms with Crippen molar-refractivity contribution in [2.24, 2.45) is 0 Å². The van der Waals surface area contributed by atoms with Crippen LogP contribution in [0.3, 0.4) is 0 Å². The van der Waals surface area contributed by atoms with Gasteiger partial charge in [-0.25, -0.2) is 0 Å². The Balaban J connectivity index is 2.11. The molecule has 2 rings (SSSR count). The van der Waals surface area contributed by atoms with Gasteiger partial charge in [0.15, 0.2) is 0 Å². The van der Waals surface area contributed by atoms with Crippen molar-refractivity contribution in [2.45, 2.75) is 39.3 Å². The lowest BCUT2D eigenvalue weighted by Crippen LogP contribution is -2.37. The van der Waals surface area contributed by atoms with Crippen molar-refractivity contribution in [3.05, 3.63) is 23.5 Å². The Kier molecular flexibility index (Phi) is 5.16. The van der Waals surface area contributed by atoms with Crippen molar-refractivity contribution in [1.29, 1.82) is 0 Å². The normalized spacial score (nSPS) is 16.9. The fraction of sp³-hybridized carbons (Fsp3) is 0.667. The van der Waals surface area contributed by atoms with Crippen molar-refractivity contribution in [3.8, 4) is 0 Å². The third-order valence-corrected chi connectivity index (χ3v) is 3.78. The van der Waals surface area contributed by atoms with Crippen LogP contribution in [-0.4, -0.2) is 37.8 Å². The summed E-state index contributed by atoms with van der Waals surface area (Å²) in [5.41, 5.74) is 3.72. The highest BCUT2D eigenvalue weighted by Gasteiger charge is 2.20. The van der Waals surface area contributed by atoms with E-state index in [0.29, 0.717) is 6.10 Å². The molecule has 19 heavy (non-hydrogen) atoms. The number of aryl methyl sites for hydroxylation is 1. The number of ether oxygens (including phenoxy) is 1. The van der Waals surface area contributed by atoms with E-state index < -0.39 is 0 Å². The van der Waals surface area contributed by atoms with E-state index in [4.69, 9.17) is 4.74 Å². The molecule has 0 unspecified atom stereocenters. The van der Waals surface area contributed by atoms with Crippen LogP contribution in [0.5, 0.6) is 0 Å². The molecule has 1 N–H and O–H groups in total. The predicted octanol–water partition coefficient (Wildman–Crippen LogP) is 2.11. The van der Waals surface area contributed by atoms with Gasteiger partial charge in [-0.05, 0) is 32.4 Å². The molecular formula is C15H25N3O. The topological polar surface area (TPSA) is 37.4 Å². The van der Waals surface area contributed by atoms with Gasteiger partial charge in [0.05, 0.1) is 6.10 Å². The van der Waals surface area contributed by atoms with Gasteiger partial charge in [-0.2, -0.15) is 0 Å². The summed E-state index contributed by atoms with van der Waals surface area (Å²) in [6.45, 7) is 8.21. The quantitative estimate of drug-likeness (QED) is 0.883. The fourth-order valence-electron chi connectivity index (χ4n) is 2.60. The molecule has 1 aromatic heterocycles. The van der Waals surface area contributed by atoms with Crippen LogP contribution in [-0.2, 0) is 11.3 Å². The van der Waals surface area contributed by atoms with Crippen LogP contribution >= 0.6 is 0 Å². The highest BCUT2D eigenvalue weighted by Crippen LogP contribution is 2.25.